The Morgan fingerprint density at radius 1 is 1.33 bits per heavy atom. The molecule has 3 amide bonds. The Morgan fingerprint density at radius 2 is 2.04 bits per heavy atom. The predicted molar refractivity (Wildman–Crippen MR) is 96.0 cm³/mol. The topological polar surface area (TPSA) is 74.3 Å². The minimum atomic E-state index is -0.298. The van der Waals surface area contributed by atoms with Crippen molar-refractivity contribution in [2.75, 3.05) is 12.4 Å². The second-order valence-corrected chi connectivity index (χ2v) is 6.57. The van der Waals surface area contributed by atoms with E-state index in [1.807, 2.05) is 43.5 Å². The van der Waals surface area contributed by atoms with E-state index in [2.05, 4.69) is 15.6 Å². The molecule has 0 unspecified atom stereocenters. The summed E-state index contributed by atoms with van der Waals surface area (Å²) >= 11 is 1.52. The SMILES string of the molecule is CC(=O)N(C)Cc1ccccc1NC(=O)N[C@H](C)c1nc(C)cs1. The maximum atomic E-state index is 12.2. The quantitative estimate of drug-likeness (QED) is 0.872. The number of hydrogen-bond acceptors (Lipinski definition) is 4. The lowest BCUT2D eigenvalue weighted by Gasteiger charge is -2.18. The molecule has 2 N–H and O–H groups in total. The van der Waals surface area contributed by atoms with Crippen LogP contribution in [0.5, 0.6) is 0 Å². The number of anilines is 1. The standard InChI is InChI=1S/C17H22N4O2S/c1-11-10-24-16(18-11)12(2)19-17(23)20-15-8-6-5-7-14(15)9-21(4)13(3)22/h5-8,10,12H,9H2,1-4H3,(H2,19,20,23)/t12-/m1/s1. The number of urea groups is 1. The molecule has 0 fully saturated rings. The number of carbonyl (C=O) groups excluding carboxylic acids is 2. The Labute approximate surface area is 145 Å². The molecule has 6 nitrogen and oxygen atoms in total. The molecule has 2 rings (SSSR count). The van der Waals surface area contributed by atoms with E-state index in [4.69, 9.17) is 0 Å². The third kappa shape index (κ3) is 4.79. The van der Waals surface area contributed by atoms with Crippen LogP contribution in [0.4, 0.5) is 10.5 Å². The number of amides is 3. The Bertz CT molecular complexity index is 729. The van der Waals surface area contributed by atoms with E-state index < -0.39 is 0 Å². The molecule has 0 radical (unpaired) electrons. The van der Waals surface area contributed by atoms with Gasteiger partial charge in [0.15, 0.2) is 0 Å². The van der Waals surface area contributed by atoms with Gasteiger partial charge in [-0.05, 0) is 25.5 Å². The monoisotopic (exact) mass is 346 g/mol. The Kier molecular flexibility index (Phi) is 5.92. The zero-order valence-electron chi connectivity index (χ0n) is 14.3. The normalized spacial score (nSPS) is 11.7. The number of nitrogens with one attached hydrogen (secondary N) is 2. The minimum Gasteiger partial charge on any atom is -0.342 e. The van der Waals surface area contributed by atoms with Crippen LogP contribution in [0.2, 0.25) is 0 Å². The summed E-state index contributed by atoms with van der Waals surface area (Å²) < 4.78 is 0. The highest BCUT2D eigenvalue weighted by molar-refractivity contribution is 7.09. The third-order valence-electron chi connectivity index (χ3n) is 3.57. The second-order valence-electron chi connectivity index (χ2n) is 5.68. The number of benzene rings is 1. The van der Waals surface area contributed by atoms with E-state index in [-0.39, 0.29) is 18.0 Å². The summed E-state index contributed by atoms with van der Waals surface area (Å²) in [5.41, 5.74) is 2.51. The largest absolute Gasteiger partial charge is 0.342 e. The molecule has 0 aliphatic carbocycles. The number of hydrogen-bond donors (Lipinski definition) is 2. The highest BCUT2D eigenvalue weighted by atomic mass is 32.1. The molecule has 7 heteroatoms. The zero-order valence-corrected chi connectivity index (χ0v) is 15.1. The van der Waals surface area contributed by atoms with Crippen LogP contribution in [0.25, 0.3) is 0 Å². The van der Waals surface area contributed by atoms with Crippen molar-refractivity contribution in [1.29, 1.82) is 0 Å². The molecular weight excluding hydrogens is 324 g/mol. The van der Waals surface area contributed by atoms with E-state index in [1.165, 1.54) is 18.3 Å². The number of aromatic nitrogens is 1. The molecule has 0 bridgehead atoms. The molecule has 1 aromatic carbocycles. The zero-order chi connectivity index (χ0) is 17.7. The summed E-state index contributed by atoms with van der Waals surface area (Å²) in [4.78, 5) is 29.6. The Hall–Kier alpha value is -2.41. The molecule has 0 aliphatic rings. The van der Waals surface area contributed by atoms with E-state index in [0.717, 1.165) is 16.3 Å². The Morgan fingerprint density at radius 3 is 2.67 bits per heavy atom. The first-order valence-electron chi connectivity index (χ1n) is 7.66. The molecule has 128 valence electrons. The third-order valence-corrected chi connectivity index (χ3v) is 4.71. The van der Waals surface area contributed by atoms with Gasteiger partial charge in [-0.2, -0.15) is 0 Å². The van der Waals surface area contributed by atoms with Crippen molar-refractivity contribution in [1.82, 2.24) is 15.2 Å². The lowest BCUT2D eigenvalue weighted by Crippen LogP contribution is -2.32. The summed E-state index contributed by atoms with van der Waals surface area (Å²) in [5.74, 6) is -0.0259. The van der Waals surface area contributed by atoms with Crippen LogP contribution in [-0.2, 0) is 11.3 Å². The number of rotatable bonds is 5. The second kappa shape index (κ2) is 7.92. The van der Waals surface area contributed by atoms with Crippen molar-refractivity contribution in [3.05, 3.63) is 45.9 Å². The number of nitrogens with zero attached hydrogens (tertiary/aromatic N) is 2. The van der Waals surface area contributed by atoms with Gasteiger partial charge in [0.25, 0.3) is 0 Å². The van der Waals surface area contributed by atoms with E-state index in [1.54, 1.807) is 11.9 Å². The van der Waals surface area contributed by atoms with E-state index in [0.29, 0.717) is 12.2 Å². The van der Waals surface area contributed by atoms with Gasteiger partial charge in [-0.1, -0.05) is 18.2 Å². The molecule has 0 saturated heterocycles. The van der Waals surface area contributed by atoms with Crippen LogP contribution < -0.4 is 10.6 Å². The van der Waals surface area contributed by atoms with Crippen LogP contribution in [0, 0.1) is 6.92 Å². The summed E-state index contributed by atoms with van der Waals surface area (Å²) in [6, 6.07) is 6.97. The first-order chi connectivity index (χ1) is 11.4. The smallest absolute Gasteiger partial charge is 0.319 e. The fourth-order valence-corrected chi connectivity index (χ4v) is 2.94. The first kappa shape index (κ1) is 17.9. The average molecular weight is 346 g/mol. The molecular formula is C17H22N4O2S. The van der Waals surface area contributed by atoms with Gasteiger partial charge in [0.2, 0.25) is 5.91 Å². The highest BCUT2D eigenvalue weighted by Crippen LogP contribution is 2.19. The van der Waals surface area contributed by atoms with Crippen molar-refractivity contribution in [2.24, 2.45) is 0 Å². The van der Waals surface area contributed by atoms with Crippen LogP contribution in [0.3, 0.4) is 0 Å². The van der Waals surface area contributed by atoms with Crippen LogP contribution >= 0.6 is 11.3 Å². The van der Waals surface area contributed by atoms with Gasteiger partial charge in [0, 0.05) is 37.3 Å². The fraction of sp³-hybridized carbons (Fsp3) is 0.353. The van der Waals surface area contributed by atoms with Crippen LogP contribution in [-0.4, -0.2) is 28.9 Å². The van der Waals surface area contributed by atoms with Crippen molar-refractivity contribution in [2.45, 2.75) is 33.4 Å². The van der Waals surface area contributed by atoms with E-state index in [9.17, 15) is 9.59 Å². The number of thiazole rings is 1. The molecule has 0 saturated carbocycles. The molecule has 2 aromatic rings. The summed E-state index contributed by atoms with van der Waals surface area (Å²) in [6.07, 6.45) is 0. The molecule has 1 atom stereocenters. The van der Waals surface area contributed by atoms with Crippen LogP contribution in [0.1, 0.15) is 36.2 Å². The summed E-state index contributed by atoms with van der Waals surface area (Å²) in [7, 11) is 1.73. The maximum Gasteiger partial charge on any atom is 0.319 e. The number of carbonyl (C=O) groups is 2. The number of aryl methyl sites for hydroxylation is 1. The van der Waals surface area contributed by atoms with Gasteiger partial charge in [-0.3, -0.25) is 4.79 Å². The van der Waals surface area contributed by atoms with Crippen molar-refractivity contribution in [3.63, 3.8) is 0 Å². The first-order valence-corrected chi connectivity index (χ1v) is 8.54. The maximum absolute atomic E-state index is 12.2. The van der Waals surface area contributed by atoms with Crippen molar-refractivity contribution in [3.8, 4) is 0 Å². The van der Waals surface area contributed by atoms with Gasteiger partial charge in [-0.15, -0.1) is 11.3 Å². The molecule has 0 aliphatic heterocycles. The summed E-state index contributed by atoms with van der Waals surface area (Å²) in [5, 5.41) is 8.55. The van der Waals surface area contributed by atoms with Gasteiger partial charge < -0.3 is 15.5 Å². The van der Waals surface area contributed by atoms with Crippen molar-refractivity contribution >= 4 is 29.0 Å². The lowest BCUT2D eigenvalue weighted by atomic mass is 10.1. The van der Waals surface area contributed by atoms with Crippen molar-refractivity contribution < 1.29 is 9.59 Å². The molecule has 1 heterocycles. The molecule has 1 aromatic heterocycles. The van der Waals surface area contributed by atoms with Gasteiger partial charge >= 0.3 is 6.03 Å². The Balaban J connectivity index is 2.02. The molecule has 0 spiro atoms. The van der Waals surface area contributed by atoms with Gasteiger partial charge in [0.1, 0.15) is 5.01 Å². The number of para-hydroxylation sites is 1. The van der Waals surface area contributed by atoms with Gasteiger partial charge in [0.05, 0.1) is 6.04 Å². The fourth-order valence-electron chi connectivity index (χ4n) is 2.13. The van der Waals surface area contributed by atoms with E-state index >= 15 is 0 Å². The average Bonchev–Trinajstić information content (AvgIpc) is 2.95. The summed E-state index contributed by atoms with van der Waals surface area (Å²) in [6.45, 7) is 5.77. The predicted octanol–water partition coefficient (Wildman–Crippen LogP) is 3.31. The lowest BCUT2D eigenvalue weighted by molar-refractivity contribution is -0.128. The molecule has 24 heavy (non-hydrogen) atoms. The van der Waals surface area contributed by atoms with Crippen LogP contribution in [0.15, 0.2) is 29.6 Å². The van der Waals surface area contributed by atoms with Gasteiger partial charge in [-0.25, -0.2) is 9.78 Å². The highest BCUT2D eigenvalue weighted by Gasteiger charge is 2.14. The minimum absolute atomic E-state index is 0.0259.